The second-order valence-electron chi connectivity index (χ2n) is 7.23. The lowest BCUT2D eigenvalue weighted by Gasteiger charge is -2.33. The molecule has 2 amide bonds. The molecule has 3 atom stereocenters. The van der Waals surface area contributed by atoms with Gasteiger partial charge in [-0.15, -0.1) is 0 Å². The van der Waals surface area contributed by atoms with E-state index in [1.54, 1.807) is 13.1 Å². The maximum Gasteiger partial charge on any atom is 0.254 e. The van der Waals surface area contributed by atoms with Gasteiger partial charge in [-0.2, -0.15) is 0 Å². The summed E-state index contributed by atoms with van der Waals surface area (Å²) >= 11 is 0. The molecule has 0 aromatic heterocycles. The minimum Gasteiger partial charge on any atom is -0.489 e. The maximum absolute atomic E-state index is 12.5. The van der Waals surface area contributed by atoms with E-state index >= 15 is 0 Å². The Balaban J connectivity index is 2.12. The molecule has 0 bridgehead atoms. The van der Waals surface area contributed by atoms with E-state index in [2.05, 4.69) is 5.32 Å². The number of hydrogen-bond donors (Lipinski definition) is 3. The number of ether oxygens (including phenoxy) is 1. The molecule has 6 heteroatoms. The average Bonchev–Trinajstić information content (AvgIpc) is 3.01. The van der Waals surface area contributed by atoms with E-state index in [4.69, 9.17) is 10.5 Å². The minimum atomic E-state index is -1.01. The van der Waals surface area contributed by atoms with Crippen molar-refractivity contribution < 1.29 is 19.4 Å². The maximum atomic E-state index is 12.5. The lowest BCUT2D eigenvalue weighted by Crippen LogP contribution is -2.40. The number of carbonyl (C=O) groups is 2. The van der Waals surface area contributed by atoms with Crippen LogP contribution in [-0.4, -0.2) is 36.7 Å². The van der Waals surface area contributed by atoms with Gasteiger partial charge in [0, 0.05) is 19.6 Å². The van der Waals surface area contributed by atoms with E-state index in [0.29, 0.717) is 30.6 Å². The summed E-state index contributed by atoms with van der Waals surface area (Å²) in [7, 11) is 1.55. The number of aliphatic hydroxyl groups is 1. The zero-order chi connectivity index (χ0) is 19.6. The van der Waals surface area contributed by atoms with E-state index in [9.17, 15) is 14.7 Å². The molecular weight excluding hydrogens is 344 g/mol. The number of carbonyl (C=O) groups excluding carboxylic acids is 2. The minimum absolute atomic E-state index is 0.0426. The van der Waals surface area contributed by atoms with Crippen LogP contribution in [0.25, 0.3) is 0 Å². The summed E-state index contributed by atoms with van der Waals surface area (Å²) in [6.07, 6.45) is 2.68. The Labute approximate surface area is 159 Å². The summed E-state index contributed by atoms with van der Waals surface area (Å²) < 4.78 is 6.09. The zero-order valence-electron chi connectivity index (χ0n) is 15.7. The average molecular weight is 370 g/mol. The summed E-state index contributed by atoms with van der Waals surface area (Å²) in [5.41, 5.74) is 7.13. The number of aliphatic hydroxyl groups excluding tert-OH is 1. The third kappa shape index (κ3) is 3.37. The molecule has 1 heterocycles. The van der Waals surface area contributed by atoms with Gasteiger partial charge in [-0.1, -0.05) is 36.4 Å². The Kier molecular flexibility index (Phi) is 5.37. The van der Waals surface area contributed by atoms with Gasteiger partial charge in [0.15, 0.2) is 0 Å². The lowest BCUT2D eigenvalue weighted by atomic mass is 9.68. The fourth-order valence-electron chi connectivity index (χ4n) is 4.19. The molecule has 0 radical (unpaired) electrons. The van der Waals surface area contributed by atoms with E-state index in [1.807, 2.05) is 37.3 Å². The van der Waals surface area contributed by atoms with Crippen LogP contribution < -0.4 is 11.1 Å². The first-order chi connectivity index (χ1) is 12.9. The molecule has 2 aliphatic rings. The van der Waals surface area contributed by atoms with Crippen molar-refractivity contribution in [2.45, 2.75) is 38.2 Å². The number of likely N-dealkylation sites (N-methyl/N-ethyl adjacent to an activating group) is 1. The van der Waals surface area contributed by atoms with Crippen LogP contribution >= 0.6 is 0 Å². The van der Waals surface area contributed by atoms with Crippen LogP contribution in [0.1, 0.15) is 37.7 Å². The lowest BCUT2D eigenvalue weighted by molar-refractivity contribution is -0.125. The fourth-order valence-corrected chi connectivity index (χ4v) is 4.19. The smallest absolute Gasteiger partial charge is 0.254 e. The fraction of sp³-hybridized carbons (Fsp3) is 0.429. The first-order valence-electron chi connectivity index (χ1n) is 9.24. The van der Waals surface area contributed by atoms with Gasteiger partial charge in [0.2, 0.25) is 5.91 Å². The molecule has 4 N–H and O–H groups in total. The van der Waals surface area contributed by atoms with Crippen molar-refractivity contribution in [1.82, 2.24) is 5.32 Å². The highest BCUT2D eigenvalue weighted by atomic mass is 16.5. The Morgan fingerprint density at radius 2 is 2.04 bits per heavy atom. The number of hydrogen-bond acceptors (Lipinski definition) is 4. The Hall–Kier alpha value is -2.60. The van der Waals surface area contributed by atoms with Crippen LogP contribution in [-0.2, 0) is 14.3 Å². The molecule has 0 fully saturated rings. The Morgan fingerprint density at radius 3 is 2.63 bits per heavy atom. The van der Waals surface area contributed by atoms with Crippen molar-refractivity contribution in [2.75, 3.05) is 13.7 Å². The predicted molar refractivity (Wildman–Crippen MR) is 101 cm³/mol. The molecule has 0 spiro atoms. The summed E-state index contributed by atoms with van der Waals surface area (Å²) in [6.45, 7) is 1.93. The second-order valence-corrected chi connectivity index (χ2v) is 7.23. The van der Waals surface area contributed by atoms with Crippen molar-refractivity contribution in [3.63, 3.8) is 0 Å². The third-order valence-electron chi connectivity index (χ3n) is 5.51. The summed E-state index contributed by atoms with van der Waals surface area (Å²) in [5.74, 6) is -0.299. The number of amides is 2. The van der Waals surface area contributed by atoms with Gasteiger partial charge in [-0.25, -0.2) is 0 Å². The van der Waals surface area contributed by atoms with E-state index < -0.39 is 11.3 Å². The van der Waals surface area contributed by atoms with Gasteiger partial charge in [0.1, 0.15) is 11.9 Å². The first-order valence-corrected chi connectivity index (χ1v) is 9.24. The number of rotatable bonds is 6. The van der Waals surface area contributed by atoms with Gasteiger partial charge in [-0.3, -0.25) is 9.59 Å². The van der Waals surface area contributed by atoms with E-state index in [1.165, 1.54) is 0 Å². The SMILES string of the molecule is CNC(=O)C1=CC(CCCO)(C(N)=O)CC2=C1OC(C)C2c1ccccc1. The summed E-state index contributed by atoms with van der Waals surface area (Å²) in [5, 5.41) is 11.9. The Morgan fingerprint density at radius 1 is 1.33 bits per heavy atom. The molecule has 1 aromatic carbocycles. The van der Waals surface area contributed by atoms with Gasteiger partial charge >= 0.3 is 0 Å². The normalized spacial score (nSPS) is 26.9. The van der Waals surface area contributed by atoms with Gasteiger partial charge in [0.25, 0.3) is 5.91 Å². The first kappa shape index (κ1) is 19.2. The molecule has 3 rings (SSSR count). The van der Waals surface area contributed by atoms with Crippen LogP contribution in [0.2, 0.25) is 0 Å². The van der Waals surface area contributed by atoms with Crippen molar-refractivity contribution in [2.24, 2.45) is 11.1 Å². The largest absolute Gasteiger partial charge is 0.489 e. The number of benzene rings is 1. The molecule has 1 aliphatic heterocycles. The molecule has 0 saturated carbocycles. The zero-order valence-corrected chi connectivity index (χ0v) is 15.7. The Bertz CT molecular complexity index is 800. The van der Waals surface area contributed by atoms with Crippen molar-refractivity contribution >= 4 is 11.8 Å². The van der Waals surface area contributed by atoms with Gasteiger partial charge in [0.05, 0.1) is 11.0 Å². The topological polar surface area (TPSA) is 102 Å². The van der Waals surface area contributed by atoms with Crippen molar-refractivity contribution in [3.8, 4) is 0 Å². The standard InChI is InChI=1S/C21H26N2O4/c1-13-17(14-7-4-3-5-8-14)15-11-21(20(22)26,9-6-10-24)12-16(18(15)27-13)19(25)23-2/h3-5,7-8,12-13,17,24H,6,9-11H2,1-2H3,(H2,22,26)(H,23,25). The molecule has 6 nitrogen and oxygen atoms in total. The number of primary amides is 1. The third-order valence-corrected chi connectivity index (χ3v) is 5.51. The summed E-state index contributed by atoms with van der Waals surface area (Å²) in [4.78, 5) is 25.0. The highest BCUT2D eigenvalue weighted by Gasteiger charge is 2.48. The van der Waals surface area contributed by atoms with Gasteiger partial charge < -0.3 is 20.9 Å². The highest BCUT2D eigenvalue weighted by Crippen LogP contribution is 2.51. The van der Waals surface area contributed by atoms with Crippen LogP contribution in [0.15, 0.2) is 53.3 Å². The highest BCUT2D eigenvalue weighted by molar-refractivity contribution is 6.00. The monoisotopic (exact) mass is 370 g/mol. The van der Waals surface area contributed by atoms with Gasteiger partial charge in [-0.05, 0) is 37.3 Å². The molecule has 1 aliphatic carbocycles. The van der Waals surface area contributed by atoms with Crippen molar-refractivity contribution in [3.05, 3.63) is 58.9 Å². The second kappa shape index (κ2) is 7.56. The molecular formula is C21H26N2O4. The van der Waals surface area contributed by atoms with Crippen LogP contribution in [0.3, 0.4) is 0 Å². The van der Waals surface area contributed by atoms with E-state index in [-0.39, 0.29) is 24.5 Å². The number of nitrogens with two attached hydrogens (primary N) is 1. The molecule has 1 aromatic rings. The van der Waals surface area contributed by atoms with Crippen molar-refractivity contribution in [1.29, 1.82) is 0 Å². The predicted octanol–water partition coefficient (Wildman–Crippen LogP) is 1.76. The molecule has 144 valence electrons. The summed E-state index contributed by atoms with van der Waals surface area (Å²) in [6, 6.07) is 9.93. The molecule has 27 heavy (non-hydrogen) atoms. The van der Waals surface area contributed by atoms with Crippen LogP contribution in [0, 0.1) is 5.41 Å². The van der Waals surface area contributed by atoms with E-state index in [0.717, 1.165) is 11.1 Å². The quantitative estimate of drug-likeness (QED) is 0.710. The number of nitrogens with one attached hydrogen (secondary N) is 1. The van der Waals surface area contributed by atoms with Crippen LogP contribution in [0.4, 0.5) is 0 Å². The molecule has 0 saturated heterocycles. The molecule has 3 unspecified atom stereocenters. The van der Waals surface area contributed by atoms with Crippen LogP contribution in [0.5, 0.6) is 0 Å².